The van der Waals surface area contributed by atoms with E-state index >= 15 is 0 Å². The zero-order valence-corrected chi connectivity index (χ0v) is 25.9. The lowest BCUT2D eigenvalue weighted by Gasteiger charge is -2.47. The van der Waals surface area contributed by atoms with Crippen molar-refractivity contribution in [2.45, 2.75) is 58.3 Å². The summed E-state index contributed by atoms with van der Waals surface area (Å²) in [6.45, 7) is 12.1. The number of anilines is 2. The van der Waals surface area contributed by atoms with Crippen LogP contribution in [0.2, 0.25) is 0 Å². The van der Waals surface area contributed by atoms with Crippen LogP contribution >= 0.6 is 0 Å². The Labute approximate surface area is 257 Å². The lowest BCUT2D eigenvalue weighted by atomic mass is 9.40. The van der Waals surface area contributed by atoms with E-state index < -0.39 is 0 Å². The minimum atomic E-state index is 0.0855. The van der Waals surface area contributed by atoms with Crippen molar-refractivity contribution in [1.29, 1.82) is 0 Å². The summed E-state index contributed by atoms with van der Waals surface area (Å²) in [5.74, 6) is 0. The smallest absolute Gasteiger partial charge is 0.330 e. The van der Waals surface area contributed by atoms with Crippen LogP contribution in [-0.2, 0) is 10.8 Å². The molecule has 0 unspecified atom stereocenters. The molecule has 2 aliphatic heterocycles. The van der Waals surface area contributed by atoms with Gasteiger partial charge in [-0.1, -0.05) is 113 Å². The van der Waals surface area contributed by atoms with Gasteiger partial charge in [0, 0.05) is 16.9 Å². The van der Waals surface area contributed by atoms with E-state index in [9.17, 15) is 0 Å². The fraction of sp³-hybridized carbons (Fsp3) is 0.220. The van der Waals surface area contributed by atoms with Gasteiger partial charge < -0.3 is 4.81 Å². The maximum absolute atomic E-state index is 2.65. The number of para-hydroxylation sites is 1. The number of hydrogen-bond donors (Lipinski definition) is 0. The van der Waals surface area contributed by atoms with Crippen LogP contribution in [0.5, 0.6) is 0 Å². The van der Waals surface area contributed by atoms with E-state index in [0.717, 1.165) is 0 Å². The molecule has 0 radical (unpaired) electrons. The monoisotopic (exact) mass is 555 g/mol. The highest BCUT2D eigenvalue weighted by Crippen LogP contribution is 2.52. The van der Waals surface area contributed by atoms with Crippen molar-refractivity contribution in [2.24, 2.45) is 0 Å². The minimum Gasteiger partial charge on any atom is -0.376 e. The standard InChI is InChI=1S/C41H38BN/c1-27-22-33-31(24-28-14-8-6-9-15-28)30-18-12-13-19-37(30)42-39(33)34(23-27)32-25-35-36(41(4,5)21-20-40(35,2)3)26-38(32)43(42)29-16-10-7-11-17-29/h6-19,22-26H,20-21H2,1-5H3/b31-24+. The quantitative estimate of drug-likeness (QED) is 0.196. The second kappa shape index (κ2) is 9.35. The molecule has 0 atom stereocenters. The highest BCUT2D eigenvalue weighted by Gasteiger charge is 2.46. The second-order valence-electron chi connectivity index (χ2n) is 14.1. The molecule has 2 heterocycles. The maximum atomic E-state index is 2.65. The summed E-state index contributed by atoms with van der Waals surface area (Å²) in [6.07, 6.45) is 4.81. The minimum absolute atomic E-state index is 0.0855. The molecule has 43 heavy (non-hydrogen) atoms. The fourth-order valence-electron chi connectivity index (χ4n) is 7.99. The highest BCUT2D eigenvalue weighted by atomic mass is 15.1. The van der Waals surface area contributed by atoms with Gasteiger partial charge in [0.15, 0.2) is 0 Å². The van der Waals surface area contributed by atoms with E-state index in [2.05, 4.69) is 155 Å². The molecule has 1 aliphatic carbocycles. The number of aryl methyl sites for hydroxylation is 1. The van der Waals surface area contributed by atoms with Crippen LogP contribution in [0.15, 0.2) is 109 Å². The number of rotatable bonds is 2. The molecule has 2 heteroatoms. The van der Waals surface area contributed by atoms with E-state index in [1.807, 2.05) is 0 Å². The van der Waals surface area contributed by atoms with Crippen LogP contribution in [0.25, 0.3) is 22.8 Å². The van der Waals surface area contributed by atoms with Gasteiger partial charge in [-0.3, -0.25) is 0 Å². The highest BCUT2D eigenvalue weighted by molar-refractivity contribution is 6.92. The molecule has 210 valence electrons. The summed E-state index contributed by atoms with van der Waals surface area (Å²) < 4.78 is 0. The van der Waals surface area contributed by atoms with E-state index in [1.165, 1.54) is 85.2 Å². The molecule has 3 aliphatic rings. The number of nitrogens with zero attached hydrogens (tertiary/aromatic N) is 1. The van der Waals surface area contributed by atoms with Crippen LogP contribution in [0.4, 0.5) is 11.4 Å². The molecule has 8 rings (SSSR count). The van der Waals surface area contributed by atoms with Crippen molar-refractivity contribution < 1.29 is 0 Å². The Balaban J connectivity index is 1.51. The van der Waals surface area contributed by atoms with Gasteiger partial charge in [0.05, 0.1) is 0 Å². The van der Waals surface area contributed by atoms with Gasteiger partial charge in [-0.15, -0.1) is 0 Å². The first-order chi connectivity index (χ1) is 20.7. The molecule has 5 aromatic rings. The Bertz CT molecular complexity index is 1930. The summed E-state index contributed by atoms with van der Waals surface area (Å²) >= 11 is 0. The average Bonchev–Trinajstić information content (AvgIpc) is 3.01. The van der Waals surface area contributed by atoms with Crippen LogP contribution < -0.4 is 15.7 Å². The number of fused-ring (bicyclic) bond motifs is 5. The molecule has 1 nitrogen and oxygen atoms in total. The predicted octanol–water partition coefficient (Wildman–Crippen LogP) is 9.17. The third-order valence-electron chi connectivity index (χ3n) is 10.4. The van der Waals surface area contributed by atoms with E-state index in [1.54, 1.807) is 0 Å². The SMILES string of the molecule is Cc1cc2c3c(c1)-c1cc4c(cc1N(c1ccccc1)B3c1ccccc1/C2=C\c1ccccc1)C(C)(C)CCC4(C)C. The molecule has 0 spiro atoms. The molecule has 5 aromatic carbocycles. The van der Waals surface area contributed by atoms with Crippen molar-refractivity contribution in [3.05, 3.63) is 143 Å². The molecular weight excluding hydrogens is 517 g/mol. The van der Waals surface area contributed by atoms with E-state index in [-0.39, 0.29) is 17.7 Å². The van der Waals surface area contributed by atoms with Crippen LogP contribution in [0.3, 0.4) is 0 Å². The fourth-order valence-corrected chi connectivity index (χ4v) is 7.99. The maximum Gasteiger partial charge on any atom is 0.330 e. The molecule has 0 N–H and O–H groups in total. The zero-order chi connectivity index (χ0) is 29.5. The van der Waals surface area contributed by atoms with E-state index in [4.69, 9.17) is 0 Å². The Kier molecular flexibility index (Phi) is 5.73. The summed E-state index contributed by atoms with van der Waals surface area (Å²) in [5.41, 5.74) is 17.9. The lowest BCUT2D eigenvalue weighted by Crippen LogP contribution is -2.61. The first-order valence-corrected chi connectivity index (χ1v) is 15.8. The molecule has 0 aromatic heterocycles. The molecule has 0 fully saturated rings. The Morgan fingerprint density at radius 1 is 0.628 bits per heavy atom. The molecule has 0 bridgehead atoms. The van der Waals surface area contributed by atoms with Gasteiger partial charge in [-0.05, 0) is 116 Å². The first-order valence-electron chi connectivity index (χ1n) is 15.8. The summed E-state index contributed by atoms with van der Waals surface area (Å²) in [6, 6.07) is 41.0. The lowest BCUT2D eigenvalue weighted by molar-refractivity contribution is 0.332. The molecular formula is C41H38BN. The Morgan fingerprint density at radius 2 is 1.23 bits per heavy atom. The molecule has 0 amide bonds. The first kappa shape index (κ1) is 26.3. The van der Waals surface area contributed by atoms with Crippen molar-refractivity contribution >= 4 is 40.8 Å². The molecule has 0 saturated heterocycles. The largest absolute Gasteiger partial charge is 0.376 e. The van der Waals surface area contributed by atoms with Crippen molar-refractivity contribution in [3.8, 4) is 11.1 Å². The van der Waals surface area contributed by atoms with Gasteiger partial charge in [-0.2, -0.15) is 0 Å². The van der Waals surface area contributed by atoms with Gasteiger partial charge in [0.2, 0.25) is 0 Å². The summed E-state index contributed by atoms with van der Waals surface area (Å²) in [7, 11) is 0. The van der Waals surface area contributed by atoms with Crippen LogP contribution in [0, 0.1) is 6.92 Å². The van der Waals surface area contributed by atoms with Crippen LogP contribution in [0.1, 0.15) is 73.9 Å². The average molecular weight is 556 g/mol. The third kappa shape index (κ3) is 3.99. The second-order valence-corrected chi connectivity index (χ2v) is 14.1. The Hall–Kier alpha value is -4.30. The predicted molar refractivity (Wildman–Crippen MR) is 185 cm³/mol. The van der Waals surface area contributed by atoms with Crippen molar-refractivity contribution in [3.63, 3.8) is 0 Å². The molecule has 0 saturated carbocycles. The number of hydrogen-bond acceptors (Lipinski definition) is 1. The van der Waals surface area contributed by atoms with Gasteiger partial charge in [0.25, 0.3) is 0 Å². The zero-order valence-electron chi connectivity index (χ0n) is 25.9. The van der Waals surface area contributed by atoms with Crippen molar-refractivity contribution in [1.82, 2.24) is 0 Å². The number of benzene rings is 5. The summed E-state index contributed by atoms with van der Waals surface area (Å²) in [5, 5.41) is 0. The van der Waals surface area contributed by atoms with Crippen molar-refractivity contribution in [2.75, 3.05) is 4.81 Å². The Morgan fingerprint density at radius 3 is 1.95 bits per heavy atom. The van der Waals surface area contributed by atoms with Gasteiger partial charge in [0.1, 0.15) is 0 Å². The van der Waals surface area contributed by atoms with Gasteiger partial charge >= 0.3 is 6.85 Å². The van der Waals surface area contributed by atoms with Gasteiger partial charge in [-0.25, -0.2) is 0 Å². The summed E-state index contributed by atoms with van der Waals surface area (Å²) in [4.78, 5) is 2.65. The normalized spacial score (nSPS) is 18.0. The topological polar surface area (TPSA) is 3.24 Å². The van der Waals surface area contributed by atoms with Crippen LogP contribution in [-0.4, -0.2) is 6.85 Å². The third-order valence-corrected chi connectivity index (χ3v) is 10.4. The van der Waals surface area contributed by atoms with E-state index in [0.29, 0.717) is 0 Å².